The Bertz CT molecular complexity index is 1310. The monoisotopic (exact) mass is 453 g/mol. The Kier molecular flexibility index (Phi) is 5.99. The minimum atomic E-state index is -4.50. The van der Waals surface area contributed by atoms with E-state index in [1.165, 1.54) is 18.5 Å². The lowest BCUT2D eigenvalue weighted by Crippen LogP contribution is -2.20. The molecule has 2 amide bonds. The molecule has 0 saturated heterocycles. The van der Waals surface area contributed by atoms with Gasteiger partial charge in [-0.15, -0.1) is 0 Å². The van der Waals surface area contributed by atoms with Crippen LogP contribution in [0.2, 0.25) is 0 Å². The van der Waals surface area contributed by atoms with E-state index in [2.05, 4.69) is 25.9 Å². The first-order valence-electron chi connectivity index (χ1n) is 9.78. The number of nitrogens with one attached hydrogen (secondary N) is 3. The van der Waals surface area contributed by atoms with Gasteiger partial charge < -0.3 is 20.7 Å². The van der Waals surface area contributed by atoms with Crippen LogP contribution in [0.4, 0.5) is 35.2 Å². The van der Waals surface area contributed by atoms with Gasteiger partial charge in [-0.1, -0.05) is 30.3 Å². The van der Waals surface area contributed by atoms with Crippen molar-refractivity contribution in [2.24, 2.45) is 0 Å². The molecule has 4 aromatic rings. The summed E-state index contributed by atoms with van der Waals surface area (Å²) in [6.07, 6.45) is -3.13. The smallest absolute Gasteiger partial charge is 0.416 e. The molecule has 10 heteroatoms. The molecule has 7 nitrogen and oxygen atoms in total. The van der Waals surface area contributed by atoms with Crippen LogP contribution in [0.1, 0.15) is 5.56 Å². The molecule has 168 valence electrons. The van der Waals surface area contributed by atoms with Crippen molar-refractivity contribution in [3.05, 3.63) is 78.6 Å². The van der Waals surface area contributed by atoms with Crippen LogP contribution < -0.4 is 20.7 Å². The van der Waals surface area contributed by atoms with E-state index in [9.17, 15) is 18.0 Å². The van der Waals surface area contributed by atoms with Crippen LogP contribution in [-0.4, -0.2) is 23.0 Å². The van der Waals surface area contributed by atoms with E-state index in [0.717, 1.165) is 12.1 Å². The number of urea groups is 1. The zero-order chi connectivity index (χ0) is 23.4. The van der Waals surface area contributed by atoms with Gasteiger partial charge in [0.1, 0.15) is 17.9 Å². The van der Waals surface area contributed by atoms with Crippen molar-refractivity contribution < 1.29 is 22.7 Å². The van der Waals surface area contributed by atoms with Crippen molar-refractivity contribution in [3.8, 4) is 11.6 Å². The maximum Gasteiger partial charge on any atom is 0.416 e. The summed E-state index contributed by atoms with van der Waals surface area (Å²) in [4.78, 5) is 20.6. The number of hydrogen-bond donors (Lipinski definition) is 3. The minimum Gasteiger partial charge on any atom is -0.438 e. The summed E-state index contributed by atoms with van der Waals surface area (Å²) in [5.41, 5.74) is -0.366. The molecule has 3 N–H and O–H groups in total. The van der Waals surface area contributed by atoms with Crippen LogP contribution in [-0.2, 0) is 6.18 Å². The number of benzene rings is 3. The van der Waals surface area contributed by atoms with Crippen LogP contribution in [0, 0.1) is 0 Å². The average molecular weight is 453 g/mol. The number of hydrogen-bond acceptors (Lipinski definition) is 5. The molecule has 0 spiro atoms. The molecule has 1 heterocycles. The summed E-state index contributed by atoms with van der Waals surface area (Å²) >= 11 is 0. The molecule has 4 rings (SSSR count). The summed E-state index contributed by atoms with van der Waals surface area (Å²) in [6.45, 7) is 0. The SMILES string of the molecule is CNc1cc(Oc2ccc(NC(=O)Nc3cccc(C(F)(F)F)c3)c3ccccc23)ncn1. The fraction of sp³-hybridized carbons (Fsp3) is 0.0870. The normalized spacial score (nSPS) is 11.2. The first-order chi connectivity index (χ1) is 15.8. The Balaban J connectivity index is 1.56. The molecule has 0 aliphatic heterocycles. The third-order valence-electron chi connectivity index (χ3n) is 4.69. The molecule has 0 unspecified atom stereocenters. The topological polar surface area (TPSA) is 88.2 Å². The maximum absolute atomic E-state index is 12.9. The van der Waals surface area contributed by atoms with Gasteiger partial charge in [-0.05, 0) is 30.3 Å². The van der Waals surface area contributed by atoms with E-state index in [4.69, 9.17) is 4.74 Å². The highest BCUT2D eigenvalue weighted by molar-refractivity contribution is 6.07. The molecule has 0 aliphatic rings. The van der Waals surface area contributed by atoms with Crippen molar-refractivity contribution in [1.82, 2.24) is 9.97 Å². The number of nitrogens with zero attached hydrogens (tertiary/aromatic N) is 2. The van der Waals surface area contributed by atoms with Crippen LogP contribution in [0.15, 0.2) is 73.1 Å². The van der Waals surface area contributed by atoms with Gasteiger partial charge >= 0.3 is 12.2 Å². The van der Waals surface area contributed by atoms with Gasteiger partial charge in [-0.2, -0.15) is 13.2 Å². The summed E-state index contributed by atoms with van der Waals surface area (Å²) in [6, 6.07) is 15.9. The van der Waals surface area contributed by atoms with E-state index in [1.54, 1.807) is 37.4 Å². The van der Waals surface area contributed by atoms with Crippen molar-refractivity contribution in [1.29, 1.82) is 0 Å². The largest absolute Gasteiger partial charge is 0.438 e. The van der Waals surface area contributed by atoms with Crippen LogP contribution in [0.3, 0.4) is 0 Å². The van der Waals surface area contributed by atoms with Crippen molar-refractivity contribution in [3.63, 3.8) is 0 Å². The number of anilines is 3. The van der Waals surface area contributed by atoms with Gasteiger partial charge in [0, 0.05) is 29.6 Å². The second kappa shape index (κ2) is 9.03. The predicted molar refractivity (Wildman–Crippen MR) is 120 cm³/mol. The number of rotatable bonds is 5. The summed E-state index contributed by atoms with van der Waals surface area (Å²) in [5, 5.41) is 9.40. The number of carbonyl (C=O) groups excluding carboxylic acids is 1. The van der Waals surface area contributed by atoms with Gasteiger partial charge in [0.25, 0.3) is 0 Å². The quantitative estimate of drug-likeness (QED) is 0.339. The number of fused-ring (bicyclic) bond motifs is 1. The number of amides is 2. The van der Waals surface area contributed by atoms with E-state index in [-0.39, 0.29) is 5.69 Å². The number of aromatic nitrogens is 2. The molecule has 1 aromatic heterocycles. The molecular formula is C23H18F3N5O2. The number of halogens is 3. The maximum atomic E-state index is 12.9. The second-order valence-corrected chi connectivity index (χ2v) is 6.91. The first kappa shape index (κ1) is 21.9. The third-order valence-corrected chi connectivity index (χ3v) is 4.69. The summed E-state index contributed by atoms with van der Waals surface area (Å²) in [7, 11) is 1.73. The van der Waals surface area contributed by atoms with E-state index >= 15 is 0 Å². The highest BCUT2D eigenvalue weighted by Gasteiger charge is 2.30. The molecule has 0 saturated carbocycles. The Morgan fingerprint density at radius 3 is 2.45 bits per heavy atom. The Morgan fingerprint density at radius 1 is 0.909 bits per heavy atom. The van der Waals surface area contributed by atoms with Crippen molar-refractivity contribution >= 4 is 34.0 Å². The molecular weight excluding hydrogens is 435 g/mol. The van der Waals surface area contributed by atoms with Crippen LogP contribution in [0.5, 0.6) is 11.6 Å². The molecule has 0 bridgehead atoms. The standard InChI is InChI=1S/C23H18F3N5O2/c1-27-20-12-21(29-13-28-20)33-19-10-9-18(16-7-2-3-8-17(16)19)31-22(32)30-15-6-4-5-14(11-15)23(24,25)26/h2-13H,1H3,(H,27,28,29)(H2,30,31,32). The Hall–Kier alpha value is -4.34. The lowest BCUT2D eigenvalue weighted by Gasteiger charge is -2.14. The van der Waals surface area contributed by atoms with Gasteiger partial charge in [0.2, 0.25) is 5.88 Å². The van der Waals surface area contributed by atoms with Gasteiger partial charge in [-0.3, -0.25) is 0 Å². The number of alkyl halides is 3. The molecule has 3 aromatic carbocycles. The Labute approximate surface area is 186 Å². The first-order valence-corrected chi connectivity index (χ1v) is 9.78. The van der Waals surface area contributed by atoms with Gasteiger partial charge in [0.05, 0.1) is 11.3 Å². The van der Waals surface area contributed by atoms with E-state index in [0.29, 0.717) is 33.9 Å². The molecule has 0 radical (unpaired) electrons. The summed E-state index contributed by atoms with van der Waals surface area (Å²) < 4.78 is 44.6. The van der Waals surface area contributed by atoms with Crippen molar-refractivity contribution in [2.75, 3.05) is 23.0 Å². The lowest BCUT2D eigenvalue weighted by molar-refractivity contribution is -0.137. The second-order valence-electron chi connectivity index (χ2n) is 6.91. The zero-order valence-corrected chi connectivity index (χ0v) is 17.3. The van der Waals surface area contributed by atoms with Gasteiger partial charge in [0.15, 0.2) is 0 Å². The van der Waals surface area contributed by atoms with E-state index in [1.807, 2.05) is 12.1 Å². The Morgan fingerprint density at radius 2 is 1.70 bits per heavy atom. The molecule has 0 aliphatic carbocycles. The lowest BCUT2D eigenvalue weighted by atomic mass is 10.1. The van der Waals surface area contributed by atoms with Crippen molar-refractivity contribution in [2.45, 2.75) is 6.18 Å². The number of ether oxygens (including phenoxy) is 1. The third kappa shape index (κ3) is 5.12. The fourth-order valence-electron chi connectivity index (χ4n) is 3.17. The highest BCUT2D eigenvalue weighted by Crippen LogP contribution is 2.34. The minimum absolute atomic E-state index is 0.0238. The zero-order valence-electron chi connectivity index (χ0n) is 17.3. The average Bonchev–Trinajstić information content (AvgIpc) is 2.80. The van der Waals surface area contributed by atoms with Crippen LogP contribution in [0.25, 0.3) is 10.8 Å². The number of carbonyl (C=O) groups is 1. The van der Waals surface area contributed by atoms with Crippen LogP contribution >= 0.6 is 0 Å². The molecule has 0 atom stereocenters. The fourth-order valence-corrected chi connectivity index (χ4v) is 3.17. The summed E-state index contributed by atoms with van der Waals surface area (Å²) in [5.74, 6) is 1.44. The predicted octanol–water partition coefficient (Wildman–Crippen LogP) is 6.13. The molecule has 0 fully saturated rings. The van der Waals surface area contributed by atoms with E-state index < -0.39 is 17.8 Å². The highest BCUT2D eigenvalue weighted by atomic mass is 19.4. The molecule has 33 heavy (non-hydrogen) atoms. The van der Waals surface area contributed by atoms with Gasteiger partial charge in [-0.25, -0.2) is 14.8 Å².